The van der Waals surface area contributed by atoms with Crippen molar-refractivity contribution in [3.63, 3.8) is 0 Å². The zero-order valence-electron chi connectivity index (χ0n) is 14.8. The average Bonchev–Trinajstić information content (AvgIpc) is 3.27. The van der Waals surface area contributed by atoms with Gasteiger partial charge in [-0.1, -0.05) is 12.1 Å². The lowest BCUT2D eigenvalue weighted by Gasteiger charge is -2.27. The van der Waals surface area contributed by atoms with Crippen molar-refractivity contribution in [3.05, 3.63) is 62.3 Å². The summed E-state index contributed by atoms with van der Waals surface area (Å²) in [4.78, 5) is 32.6. The minimum atomic E-state index is -0.958. The molecule has 5 nitrogen and oxygen atoms in total. The molecule has 138 valence electrons. The Morgan fingerprint density at radius 1 is 1.26 bits per heavy atom. The first kappa shape index (κ1) is 17.9. The van der Waals surface area contributed by atoms with Crippen molar-refractivity contribution in [2.24, 2.45) is 0 Å². The van der Waals surface area contributed by atoms with Crippen LogP contribution in [-0.2, 0) is 24.2 Å². The molecule has 0 spiro atoms. The minimum Gasteiger partial charge on any atom is -0.478 e. The summed E-state index contributed by atoms with van der Waals surface area (Å²) in [6.07, 6.45) is 1.16. The van der Waals surface area contributed by atoms with E-state index < -0.39 is 5.97 Å². The zero-order chi connectivity index (χ0) is 19.0. The third-order valence-electron chi connectivity index (χ3n) is 4.65. The van der Waals surface area contributed by atoms with Gasteiger partial charge in [-0.2, -0.15) is 0 Å². The number of thiazole rings is 1. The van der Waals surface area contributed by atoms with Gasteiger partial charge < -0.3 is 10.0 Å². The van der Waals surface area contributed by atoms with Crippen molar-refractivity contribution >= 4 is 34.6 Å². The van der Waals surface area contributed by atoms with Gasteiger partial charge in [-0.25, -0.2) is 9.78 Å². The van der Waals surface area contributed by atoms with Gasteiger partial charge in [0.15, 0.2) is 0 Å². The lowest BCUT2D eigenvalue weighted by Crippen LogP contribution is -2.36. The van der Waals surface area contributed by atoms with Crippen molar-refractivity contribution in [1.82, 2.24) is 9.88 Å². The fourth-order valence-electron chi connectivity index (χ4n) is 3.20. The Bertz CT molecular complexity index is 1000. The van der Waals surface area contributed by atoms with Crippen LogP contribution in [0.25, 0.3) is 10.6 Å². The highest BCUT2D eigenvalue weighted by molar-refractivity contribution is 7.16. The minimum absolute atomic E-state index is 0.0703. The number of aromatic nitrogens is 1. The Kier molecular flexibility index (Phi) is 4.80. The first-order valence-corrected chi connectivity index (χ1v) is 10.3. The van der Waals surface area contributed by atoms with Crippen molar-refractivity contribution in [3.8, 4) is 10.6 Å². The molecule has 0 unspecified atom stereocenters. The van der Waals surface area contributed by atoms with Crippen LogP contribution in [0, 0.1) is 6.92 Å². The van der Waals surface area contributed by atoms with E-state index in [2.05, 4.69) is 16.4 Å². The number of carbonyl (C=O) groups is 2. The lowest BCUT2D eigenvalue weighted by atomic mass is 10.1. The number of thiophene rings is 1. The second-order valence-corrected chi connectivity index (χ2v) is 8.75. The Hall–Kier alpha value is -2.51. The third kappa shape index (κ3) is 3.79. The normalized spacial score (nSPS) is 13.4. The van der Waals surface area contributed by atoms with E-state index in [0.717, 1.165) is 29.2 Å². The fourth-order valence-corrected chi connectivity index (χ4v) is 5.01. The van der Waals surface area contributed by atoms with Gasteiger partial charge in [0.1, 0.15) is 0 Å². The molecule has 27 heavy (non-hydrogen) atoms. The van der Waals surface area contributed by atoms with Crippen molar-refractivity contribution in [1.29, 1.82) is 0 Å². The van der Waals surface area contributed by atoms with Crippen LogP contribution in [0.3, 0.4) is 0 Å². The molecule has 1 N–H and O–H groups in total. The summed E-state index contributed by atoms with van der Waals surface area (Å²) in [5, 5.41) is 12.1. The van der Waals surface area contributed by atoms with Crippen LogP contribution in [-0.4, -0.2) is 33.4 Å². The van der Waals surface area contributed by atoms with Crippen molar-refractivity contribution in [2.75, 3.05) is 6.54 Å². The number of carboxylic acids is 1. The number of hydrogen-bond donors (Lipinski definition) is 1. The maximum absolute atomic E-state index is 12.7. The monoisotopic (exact) mass is 398 g/mol. The Morgan fingerprint density at radius 2 is 2.04 bits per heavy atom. The van der Waals surface area contributed by atoms with E-state index >= 15 is 0 Å². The zero-order valence-corrected chi connectivity index (χ0v) is 16.4. The van der Waals surface area contributed by atoms with Crippen LogP contribution in [0.15, 0.2) is 35.7 Å². The topological polar surface area (TPSA) is 70.5 Å². The quantitative estimate of drug-likeness (QED) is 0.721. The first-order chi connectivity index (χ1) is 13.0. The molecular formula is C20H18N2O3S2. The molecule has 1 aliphatic rings. The molecule has 1 aliphatic heterocycles. The molecule has 1 aromatic carbocycles. The molecule has 0 aliphatic carbocycles. The van der Waals surface area contributed by atoms with Crippen LogP contribution < -0.4 is 0 Å². The number of aromatic carboxylic acids is 1. The van der Waals surface area contributed by atoms with E-state index in [0.29, 0.717) is 6.54 Å². The number of amides is 1. The van der Waals surface area contributed by atoms with Gasteiger partial charge in [-0.15, -0.1) is 22.7 Å². The highest BCUT2D eigenvalue weighted by Gasteiger charge is 2.23. The smallest absolute Gasteiger partial charge is 0.335 e. The van der Waals surface area contributed by atoms with Crippen LogP contribution in [0.5, 0.6) is 0 Å². The highest BCUT2D eigenvalue weighted by atomic mass is 32.1. The molecule has 0 saturated carbocycles. The Balaban J connectivity index is 1.45. The van der Waals surface area contributed by atoms with E-state index in [1.165, 1.54) is 15.3 Å². The van der Waals surface area contributed by atoms with Gasteiger partial charge in [-0.3, -0.25) is 4.79 Å². The molecule has 3 heterocycles. The Morgan fingerprint density at radius 3 is 2.70 bits per heavy atom. The van der Waals surface area contributed by atoms with E-state index in [4.69, 9.17) is 5.11 Å². The number of rotatable bonds is 4. The van der Waals surface area contributed by atoms with Gasteiger partial charge >= 0.3 is 5.97 Å². The predicted molar refractivity (Wildman–Crippen MR) is 106 cm³/mol. The number of nitrogens with zero attached hydrogens (tertiary/aromatic N) is 2. The summed E-state index contributed by atoms with van der Waals surface area (Å²) < 4.78 is 0. The summed E-state index contributed by atoms with van der Waals surface area (Å²) in [6, 6.07) is 8.67. The Labute approximate surface area is 164 Å². The molecule has 3 aromatic rings. The maximum atomic E-state index is 12.7. The number of aryl methyl sites for hydroxylation is 1. The summed E-state index contributed by atoms with van der Waals surface area (Å²) in [7, 11) is 0. The molecule has 2 aromatic heterocycles. The average molecular weight is 399 g/mol. The van der Waals surface area contributed by atoms with Gasteiger partial charge in [0.05, 0.1) is 27.6 Å². The molecule has 7 heteroatoms. The summed E-state index contributed by atoms with van der Waals surface area (Å²) in [6.45, 7) is 3.35. The molecule has 0 bridgehead atoms. The van der Waals surface area contributed by atoms with Gasteiger partial charge in [0.25, 0.3) is 0 Å². The molecule has 0 atom stereocenters. The number of benzene rings is 1. The van der Waals surface area contributed by atoms with E-state index in [1.807, 2.05) is 11.8 Å². The maximum Gasteiger partial charge on any atom is 0.335 e. The van der Waals surface area contributed by atoms with E-state index in [-0.39, 0.29) is 17.9 Å². The summed E-state index contributed by atoms with van der Waals surface area (Å²) in [5.74, 6) is -0.888. The van der Waals surface area contributed by atoms with E-state index in [1.54, 1.807) is 46.9 Å². The van der Waals surface area contributed by atoms with Crippen LogP contribution in [0.2, 0.25) is 0 Å². The largest absolute Gasteiger partial charge is 0.478 e. The number of carbonyl (C=O) groups excluding carboxylic acids is 1. The second-order valence-electron chi connectivity index (χ2n) is 6.55. The number of fused-ring (bicyclic) bond motifs is 1. The molecule has 0 saturated heterocycles. The molecule has 0 radical (unpaired) electrons. The van der Waals surface area contributed by atoms with Crippen LogP contribution in [0.1, 0.15) is 31.4 Å². The summed E-state index contributed by atoms with van der Waals surface area (Å²) >= 11 is 3.42. The number of hydrogen-bond acceptors (Lipinski definition) is 5. The van der Waals surface area contributed by atoms with Crippen LogP contribution in [0.4, 0.5) is 0 Å². The fraction of sp³-hybridized carbons (Fsp3) is 0.250. The molecular weight excluding hydrogens is 380 g/mol. The van der Waals surface area contributed by atoms with Gasteiger partial charge in [0.2, 0.25) is 5.91 Å². The lowest BCUT2D eigenvalue weighted by molar-refractivity contribution is -0.131. The highest BCUT2D eigenvalue weighted by Crippen LogP contribution is 2.35. The summed E-state index contributed by atoms with van der Waals surface area (Å²) in [5.41, 5.74) is 3.30. The number of carboxylic acid groups (broad SMARTS) is 1. The van der Waals surface area contributed by atoms with Gasteiger partial charge in [-0.05, 0) is 42.7 Å². The van der Waals surface area contributed by atoms with E-state index in [9.17, 15) is 9.59 Å². The molecule has 0 fully saturated rings. The predicted octanol–water partition coefficient (Wildman–Crippen LogP) is 4.01. The van der Waals surface area contributed by atoms with Gasteiger partial charge in [0, 0.05) is 23.3 Å². The first-order valence-electron chi connectivity index (χ1n) is 8.63. The van der Waals surface area contributed by atoms with Crippen molar-refractivity contribution in [2.45, 2.75) is 26.3 Å². The third-order valence-corrected chi connectivity index (χ3v) is 6.68. The molecule has 1 amide bonds. The SMILES string of the molecule is Cc1nc(-c2cc3c(s2)CCN(C(=O)Cc2ccc(C(=O)O)cc2)C3)cs1. The molecule has 4 rings (SSSR count). The van der Waals surface area contributed by atoms with Crippen molar-refractivity contribution < 1.29 is 14.7 Å². The second kappa shape index (κ2) is 7.25. The van der Waals surface area contributed by atoms with Crippen LogP contribution >= 0.6 is 22.7 Å². The standard InChI is InChI=1S/C20H18N2O3S2/c1-12-21-16(11-26-12)18-9-15-10-22(7-6-17(15)27-18)19(23)8-13-2-4-14(5-3-13)20(24)25/h2-5,9,11H,6-8,10H2,1H3,(H,24,25).